The van der Waals surface area contributed by atoms with Gasteiger partial charge in [0.15, 0.2) is 5.82 Å². The fraction of sp³-hybridized carbons (Fsp3) is 0.0667. The first-order valence-electron chi connectivity index (χ1n) is 6.60. The molecule has 22 heavy (non-hydrogen) atoms. The number of aromatic amines is 1. The Hall–Kier alpha value is -2.67. The number of para-hydroxylation sites is 1. The third-order valence-corrected chi connectivity index (χ3v) is 4.55. The summed E-state index contributed by atoms with van der Waals surface area (Å²) in [6.45, 7) is 1.91. The van der Waals surface area contributed by atoms with Crippen molar-refractivity contribution in [3.8, 4) is 11.4 Å². The van der Waals surface area contributed by atoms with Crippen LogP contribution < -0.4 is 4.72 Å². The van der Waals surface area contributed by atoms with Gasteiger partial charge >= 0.3 is 0 Å². The van der Waals surface area contributed by atoms with Crippen LogP contribution in [0.3, 0.4) is 0 Å². The first-order chi connectivity index (χ1) is 10.6. The SMILES string of the molecule is Cc1ccc(S(=O)(=O)Nc2ccccc2-c2ncn[nH]2)cc1. The highest BCUT2D eigenvalue weighted by molar-refractivity contribution is 7.92. The molecular weight excluding hydrogens is 300 g/mol. The van der Waals surface area contributed by atoms with Crippen molar-refractivity contribution >= 4 is 15.7 Å². The second-order valence-electron chi connectivity index (χ2n) is 4.80. The fourth-order valence-corrected chi connectivity index (χ4v) is 3.11. The lowest BCUT2D eigenvalue weighted by Gasteiger charge is -2.11. The molecule has 7 heteroatoms. The van der Waals surface area contributed by atoms with Gasteiger partial charge in [0.2, 0.25) is 0 Å². The van der Waals surface area contributed by atoms with Crippen molar-refractivity contribution in [3.05, 3.63) is 60.4 Å². The molecule has 1 aromatic heterocycles. The molecule has 0 atom stereocenters. The van der Waals surface area contributed by atoms with Gasteiger partial charge in [0, 0.05) is 5.56 Å². The van der Waals surface area contributed by atoms with Gasteiger partial charge in [-0.25, -0.2) is 13.4 Å². The zero-order valence-corrected chi connectivity index (χ0v) is 12.6. The lowest BCUT2D eigenvalue weighted by atomic mass is 10.2. The van der Waals surface area contributed by atoms with Crippen LogP contribution in [0.4, 0.5) is 5.69 Å². The van der Waals surface area contributed by atoms with Crippen LogP contribution in [0.25, 0.3) is 11.4 Å². The maximum Gasteiger partial charge on any atom is 0.261 e. The van der Waals surface area contributed by atoms with E-state index in [9.17, 15) is 8.42 Å². The predicted octanol–water partition coefficient (Wildman–Crippen LogP) is 2.58. The first kappa shape index (κ1) is 14.3. The van der Waals surface area contributed by atoms with Crippen molar-refractivity contribution in [2.75, 3.05) is 4.72 Å². The Labute approximate surface area is 128 Å². The Balaban J connectivity index is 1.98. The maximum atomic E-state index is 12.5. The summed E-state index contributed by atoms with van der Waals surface area (Å²) in [5.41, 5.74) is 2.08. The van der Waals surface area contributed by atoms with Gasteiger partial charge in [-0.05, 0) is 31.2 Å². The second kappa shape index (κ2) is 5.61. The van der Waals surface area contributed by atoms with E-state index in [1.54, 1.807) is 42.5 Å². The van der Waals surface area contributed by atoms with Crippen molar-refractivity contribution in [2.45, 2.75) is 11.8 Å². The van der Waals surface area contributed by atoms with Gasteiger partial charge < -0.3 is 0 Å². The number of sulfonamides is 1. The summed E-state index contributed by atoms with van der Waals surface area (Å²) in [5.74, 6) is 0.502. The van der Waals surface area contributed by atoms with E-state index < -0.39 is 10.0 Å². The van der Waals surface area contributed by atoms with Crippen LogP contribution in [0.1, 0.15) is 5.56 Å². The number of nitrogens with one attached hydrogen (secondary N) is 2. The normalized spacial score (nSPS) is 11.3. The van der Waals surface area contributed by atoms with Gasteiger partial charge in [0.1, 0.15) is 6.33 Å². The van der Waals surface area contributed by atoms with E-state index in [2.05, 4.69) is 19.9 Å². The average molecular weight is 314 g/mol. The summed E-state index contributed by atoms with van der Waals surface area (Å²) in [6.07, 6.45) is 1.38. The summed E-state index contributed by atoms with van der Waals surface area (Å²) in [6, 6.07) is 13.7. The molecular formula is C15H14N4O2S. The molecule has 3 rings (SSSR count). The quantitative estimate of drug-likeness (QED) is 0.775. The van der Waals surface area contributed by atoms with Gasteiger partial charge in [-0.2, -0.15) is 5.10 Å². The Morgan fingerprint density at radius 3 is 2.45 bits per heavy atom. The van der Waals surface area contributed by atoms with E-state index in [-0.39, 0.29) is 4.90 Å². The minimum Gasteiger partial charge on any atom is -0.279 e. The minimum absolute atomic E-state index is 0.213. The summed E-state index contributed by atoms with van der Waals surface area (Å²) >= 11 is 0. The van der Waals surface area contributed by atoms with Crippen LogP contribution in [-0.4, -0.2) is 23.6 Å². The fourth-order valence-electron chi connectivity index (χ4n) is 2.03. The zero-order valence-electron chi connectivity index (χ0n) is 11.8. The van der Waals surface area contributed by atoms with Gasteiger partial charge in [0.25, 0.3) is 10.0 Å². The largest absolute Gasteiger partial charge is 0.279 e. The molecule has 0 aliphatic rings. The lowest BCUT2D eigenvalue weighted by Crippen LogP contribution is -2.13. The zero-order chi connectivity index (χ0) is 15.6. The van der Waals surface area contributed by atoms with Gasteiger partial charge in [0.05, 0.1) is 10.6 Å². The van der Waals surface area contributed by atoms with E-state index in [4.69, 9.17) is 0 Å². The number of H-pyrrole nitrogens is 1. The molecule has 112 valence electrons. The number of aromatic nitrogens is 3. The Kier molecular flexibility index (Phi) is 3.64. The Morgan fingerprint density at radius 1 is 1.05 bits per heavy atom. The maximum absolute atomic E-state index is 12.5. The molecule has 0 unspecified atom stereocenters. The van der Waals surface area contributed by atoms with Gasteiger partial charge in [-0.15, -0.1) is 0 Å². The smallest absolute Gasteiger partial charge is 0.261 e. The van der Waals surface area contributed by atoms with Crippen molar-refractivity contribution in [1.29, 1.82) is 0 Å². The monoisotopic (exact) mass is 314 g/mol. The van der Waals surface area contributed by atoms with Crippen molar-refractivity contribution in [2.24, 2.45) is 0 Å². The molecule has 0 spiro atoms. The van der Waals surface area contributed by atoms with Crippen molar-refractivity contribution < 1.29 is 8.42 Å². The minimum atomic E-state index is -3.66. The number of rotatable bonds is 4. The van der Waals surface area contributed by atoms with E-state index in [0.717, 1.165) is 5.56 Å². The highest BCUT2D eigenvalue weighted by Gasteiger charge is 2.17. The van der Waals surface area contributed by atoms with Crippen LogP contribution in [0.2, 0.25) is 0 Å². The van der Waals surface area contributed by atoms with Gasteiger partial charge in [-0.1, -0.05) is 29.8 Å². The Bertz CT molecular complexity index is 872. The number of hydrogen-bond acceptors (Lipinski definition) is 4. The summed E-state index contributed by atoms with van der Waals surface area (Å²) in [7, 11) is -3.66. The van der Waals surface area contributed by atoms with E-state index in [1.807, 2.05) is 13.0 Å². The standard InChI is InChI=1S/C15H14N4O2S/c1-11-6-8-12(9-7-11)22(20,21)19-14-5-3-2-4-13(14)15-16-10-17-18-15/h2-10,19H,1H3,(H,16,17,18). The van der Waals surface area contributed by atoms with Crippen LogP contribution in [0, 0.1) is 6.92 Å². The third-order valence-electron chi connectivity index (χ3n) is 3.17. The average Bonchev–Trinajstić information content (AvgIpc) is 3.02. The molecule has 2 N–H and O–H groups in total. The molecule has 1 heterocycles. The molecule has 0 bridgehead atoms. The number of nitrogens with zero attached hydrogens (tertiary/aromatic N) is 2. The summed E-state index contributed by atoms with van der Waals surface area (Å²) < 4.78 is 27.6. The third kappa shape index (κ3) is 2.84. The molecule has 3 aromatic rings. The molecule has 0 saturated carbocycles. The second-order valence-corrected chi connectivity index (χ2v) is 6.48. The molecule has 2 aromatic carbocycles. The summed E-state index contributed by atoms with van der Waals surface area (Å²) in [4.78, 5) is 4.27. The molecule has 0 saturated heterocycles. The molecule has 0 aliphatic carbocycles. The van der Waals surface area contributed by atoms with E-state index in [1.165, 1.54) is 6.33 Å². The lowest BCUT2D eigenvalue weighted by molar-refractivity contribution is 0.601. The molecule has 0 amide bonds. The highest BCUT2D eigenvalue weighted by Crippen LogP contribution is 2.26. The van der Waals surface area contributed by atoms with Crippen molar-refractivity contribution in [3.63, 3.8) is 0 Å². The van der Waals surface area contributed by atoms with Crippen LogP contribution >= 0.6 is 0 Å². The number of aryl methyl sites for hydroxylation is 1. The molecule has 0 fully saturated rings. The number of hydrogen-bond donors (Lipinski definition) is 2. The van der Waals surface area contributed by atoms with Crippen LogP contribution in [0.5, 0.6) is 0 Å². The molecule has 6 nitrogen and oxygen atoms in total. The molecule has 0 aliphatic heterocycles. The van der Waals surface area contributed by atoms with E-state index in [0.29, 0.717) is 17.1 Å². The van der Waals surface area contributed by atoms with Crippen LogP contribution in [0.15, 0.2) is 59.8 Å². The topological polar surface area (TPSA) is 87.7 Å². The Morgan fingerprint density at radius 2 is 1.77 bits per heavy atom. The highest BCUT2D eigenvalue weighted by atomic mass is 32.2. The van der Waals surface area contributed by atoms with Crippen molar-refractivity contribution in [1.82, 2.24) is 15.2 Å². The van der Waals surface area contributed by atoms with E-state index >= 15 is 0 Å². The van der Waals surface area contributed by atoms with Crippen LogP contribution in [-0.2, 0) is 10.0 Å². The predicted molar refractivity (Wildman–Crippen MR) is 83.8 cm³/mol. The molecule has 0 radical (unpaired) electrons. The first-order valence-corrected chi connectivity index (χ1v) is 8.09. The summed E-state index contributed by atoms with van der Waals surface area (Å²) in [5, 5.41) is 6.52. The number of anilines is 1. The van der Waals surface area contributed by atoms with Gasteiger partial charge in [-0.3, -0.25) is 9.82 Å². The number of benzene rings is 2.